The van der Waals surface area contributed by atoms with E-state index in [-0.39, 0.29) is 23.7 Å². The van der Waals surface area contributed by atoms with Gasteiger partial charge in [-0.05, 0) is 30.7 Å². The lowest BCUT2D eigenvalue weighted by Gasteiger charge is -2.28. The topological polar surface area (TPSA) is 88.3 Å². The first kappa shape index (κ1) is 24.3. The van der Waals surface area contributed by atoms with Gasteiger partial charge in [0.2, 0.25) is 5.78 Å². The third-order valence-electron chi connectivity index (χ3n) is 5.62. The number of benzene rings is 1. The van der Waals surface area contributed by atoms with E-state index in [1.54, 1.807) is 0 Å². The number of urea groups is 1. The highest BCUT2D eigenvalue weighted by atomic mass is 32.2. The lowest BCUT2D eigenvalue weighted by molar-refractivity contribution is 0.0936. The van der Waals surface area contributed by atoms with Crippen LogP contribution in [-0.2, 0) is 6.54 Å². The van der Waals surface area contributed by atoms with Crippen LogP contribution in [0.5, 0.6) is 0 Å². The molecule has 1 heterocycles. The summed E-state index contributed by atoms with van der Waals surface area (Å²) in [5.74, 6) is 1.01. The van der Waals surface area contributed by atoms with Crippen LogP contribution < -0.4 is 5.32 Å². The molecular weight excluding hydrogens is 424 g/mol. The van der Waals surface area contributed by atoms with Crippen molar-refractivity contribution < 1.29 is 14.0 Å². The van der Waals surface area contributed by atoms with Gasteiger partial charge < -0.3 is 14.6 Å². The van der Waals surface area contributed by atoms with Crippen LogP contribution in [-0.4, -0.2) is 45.3 Å². The Hall–Kier alpha value is -2.35. The summed E-state index contributed by atoms with van der Waals surface area (Å²) in [6.07, 6.45) is 6.92. The molecule has 1 aliphatic carbocycles. The highest BCUT2D eigenvalue weighted by molar-refractivity contribution is 7.99. The normalized spacial score (nSPS) is 14.5. The van der Waals surface area contributed by atoms with Crippen LogP contribution in [0, 0.1) is 5.92 Å². The first-order chi connectivity index (χ1) is 15.5. The average molecular weight is 459 g/mol. The van der Waals surface area contributed by atoms with Gasteiger partial charge in [-0.15, -0.1) is 10.2 Å². The zero-order valence-electron chi connectivity index (χ0n) is 19.1. The maximum absolute atomic E-state index is 13.0. The highest BCUT2D eigenvalue weighted by Gasteiger charge is 2.21. The number of carbonyl (C=O) groups is 2. The zero-order valence-corrected chi connectivity index (χ0v) is 19.9. The molecule has 0 aliphatic heterocycles. The van der Waals surface area contributed by atoms with E-state index in [2.05, 4.69) is 29.4 Å². The number of rotatable bonds is 11. The Morgan fingerprint density at radius 2 is 1.91 bits per heavy atom. The maximum Gasteiger partial charge on any atom is 0.317 e. The summed E-state index contributed by atoms with van der Waals surface area (Å²) >= 11 is 1.37. The van der Waals surface area contributed by atoms with Crippen molar-refractivity contribution in [2.24, 2.45) is 5.92 Å². The zero-order chi connectivity index (χ0) is 22.8. The lowest BCUT2D eigenvalue weighted by Crippen LogP contribution is -2.45. The van der Waals surface area contributed by atoms with Gasteiger partial charge in [-0.3, -0.25) is 4.79 Å². The van der Waals surface area contributed by atoms with Crippen molar-refractivity contribution in [2.75, 3.05) is 12.3 Å². The van der Waals surface area contributed by atoms with Crippen LogP contribution in [0.4, 0.5) is 4.79 Å². The molecule has 0 saturated heterocycles. The van der Waals surface area contributed by atoms with Crippen molar-refractivity contribution >= 4 is 23.6 Å². The van der Waals surface area contributed by atoms with Crippen LogP contribution in [0.2, 0.25) is 0 Å². The molecule has 1 N–H and O–H groups in total. The monoisotopic (exact) mass is 458 g/mol. The SMILES string of the molecule is CC(C)CCC(=O)c1nnc(SCCN(Cc2ccccc2)C(=O)NC2CCCCC2)o1. The first-order valence-electron chi connectivity index (χ1n) is 11.6. The molecule has 8 heteroatoms. The van der Waals surface area contributed by atoms with Crippen molar-refractivity contribution in [1.29, 1.82) is 0 Å². The molecule has 7 nitrogen and oxygen atoms in total. The van der Waals surface area contributed by atoms with Gasteiger partial charge in [-0.25, -0.2) is 4.79 Å². The average Bonchev–Trinajstić information content (AvgIpc) is 3.27. The second kappa shape index (κ2) is 12.6. The molecule has 32 heavy (non-hydrogen) atoms. The van der Waals surface area contributed by atoms with Gasteiger partial charge in [-0.1, -0.05) is 75.2 Å². The molecule has 0 unspecified atom stereocenters. The fraction of sp³-hybridized carbons (Fsp3) is 0.583. The minimum absolute atomic E-state index is 0.0311. The highest BCUT2D eigenvalue weighted by Crippen LogP contribution is 2.20. The Kier molecular flexibility index (Phi) is 9.59. The molecule has 0 spiro atoms. The van der Waals surface area contributed by atoms with Crippen LogP contribution in [0.15, 0.2) is 40.0 Å². The summed E-state index contributed by atoms with van der Waals surface area (Å²) in [4.78, 5) is 27.0. The molecular formula is C24H34N4O3S. The number of nitrogens with one attached hydrogen (secondary N) is 1. The lowest BCUT2D eigenvalue weighted by atomic mass is 9.96. The van der Waals surface area contributed by atoms with Gasteiger partial charge in [0.15, 0.2) is 0 Å². The molecule has 2 aromatic rings. The van der Waals surface area contributed by atoms with Crippen LogP contribution >= 0.6 is 11.8 Å². The molecule has 1 saturated carbocycles. The van der Waals surface area contributed by atoms with E-state index in [1.165, 1.54) is 31.0 Å². The number of Topliss-reactive ketones (excluding diaryl/α,β-unsaturated/α-hetero) is 1. The Balaban J connectivity index is 1.54. The molecule has 0 atom stereocenters. The first-order valence-corrected chi connectivity index (χ1v) is 12.6. The number of nitrogens with zero attached hydrogens (tertiary/aromatic N) is 3. The van der Waals surface area contributed by atoms with E-state index in [4.69, 9.17) is 4.42 Å². The molecule has 0 radical (unpaired) electrons. The van der Waals surface area contributed by atoms with Crippen LogP contribution in [0.1, 0.15) is 75.0 Å². The van der Waals surface area contributed by atoms with Gasteiger partial charge in [0, 0.05) is 31.3 Å². The minimum atomic E-state index is -0.115. The smallest absolute Gasteiger partial charge is 0.317 e. The summed E-state index contributed by atoms with van der Waals surface area (Å²) in [7, 11) is 0. The van der Waals surface area contributed by atoms with Gasteiger partial charge in [0.05, 0.1) is 0 Å². The number of carbonyl (C=O) groups excluding carboxylic acids is 2. The van der Waals surface area contributed by atoms with Gasteiger partial charge in [-0.2, -0.15) is 0 Å². The van der Waals surface area contributed by atoms with E-state index < -0.39 is 0 Å². The van der Waals surface area contributed by atoms with Crippen LogP contribution in [0.3, 0.4) is 0 Å². The number of hydrogen-bond donors (Lipinski definition) is 1. The van der Waals surface area contributed by atoms with Gasteiger partial charge in [0.1, 0.15) is 0 Å². The summed E-state index contributed by atoms with van der Waals surface area (Å²) < 4.78 is 5.53. The van der Waals surface area contributed by atoms with Crippen molar-refractivity contribution in [1.82, 2.24) is 20.4 Å². The Morgan fingerprint density at radius 1 is 1.16 bits per heavy atom. The Labute approximate surface area is 194 Å². The third kappa shape index (κ3) is 7.97. The molecule has 3 rings (SSSR count). The van der Waals surface area contributed by atoms with Crippen LogP contribution in [0.25, 0.3) is 0 Å². The predicted molar refractivity (Wildman–Crippen MR) is 126 cm³/mol. The van der Waals surface area contributed by atoms with Gasteiger partial charge in [0.25, 0.3) is 11.1 Å². The van der Waals surface area contributed by atoms with Gasteiger partial charge >= 0.3 is 6.03 Å². The van der Waals surface area contributed by atoms with E-state index in [0.29, 0.717) is 36.4 Å². The summed E-state index contributed by atoms with van der Waals surface area (Å²) in [6.45, 7) is 5.24. The van der Waals surface area contributed by atoms with Crippen molar-refractivity contribution in [3.05, 3.63) is 41.8 Å². The largest absolute Gasteiger partial charge is 0.408 e. The molecule has 0 bridgehead atoms. The number of amides is 2. The minimum Gasteiger partial charge on any atom is -0.408 e. The van der Waals surface area contributed by atoms with Crippen molar-refractivity contribution in [3.8, 4) is 0 Å². The second-order valence-electron chi connectivity index (χ2n) is 8.77. The third-order valence-corrected chi connectivity index (χ3v) is 6.42. The molecule has 2 amide bonds. The maximum atomic E-state index is 13.0. The van der Waals surface area contributed by atoms with E-state index in [1.807, 2.05) is 35.2 Å². The van der Waals surface area contributed by atoms with E-state index in [9.17, 15) is 9.59 Å². The molecule has 174 valence electrons. The quantitative estimate of drug-likeness (QED) is 0.362. The van der Waals surface area contributed by atoms with Crippen molar-refractivity contribution in [3.63, 3.8) is 0 Å². The molecule has 1 fully saturated rings. The second-order valence-corrected chi connectivity index (χ2v) is 9.82. The summed E-state index contributed by atoms with van der Waals surface area (Å²) in [5.41, 5.74) is 1.09. The Morgan fingerprint density at radius 3 is 2.62 bits per heavy atom. The standard InChI is InChI=1S/C24H34N4O3S/c1-18(2)13-14-21(29)22-26-27-24(31-22)32-16-15-28(17-19-9-5-3-6-10-19)23(30)25-20-11-7-4-8-12-20/h3,5-6,9-10,18,20H,4,7-8,11-17H2,1-2H3,(H,25,30). The fourth-order valence-corrected chi connectivity index (χ4v) is 4.44. The van der Waals surface area contributed by atoms with E-state index >= 15 is 0 Å². The number of hydrogen-bond acceptors (Lipinski definition) is 6. The fourth-order valence-electron chi connectivity index (χ4n) is 3.72. The molecule has 1 aromatic carbocycles. The number of aromatic nitrogens is 2. The summed E-state index contributed by atoms with van der Waals surface area (Å²) in [5, 5.41) is 11.5. The number of thioether (sulfide) groups is 1. The molecule has 1 aromatic heterocycles. The van der Waals surface area contributed by atoms with E-state index in [0.717, 1.165) is 24.8 Å². The van der Waals surface area contributed by atoms with Crippen molar-refractivity contribution in [2.45, 2.75) is 76.6 Å². The Bertz CT molecular complexity index is 850. The predicted octanol–water partition coefficient (Wildman–Crippen LogP) is 5.33. The molecule has 1 aliphatic rings. The number of ketones is 1. The summed E-state index contributed by atoms with van der Waals surface area (Å²) in [6, 6.07) is 10.2.